The van der Waals surface area contributed by atoms with Gasteiger partial charge < -0.3 is 10.2 Å². The summed E-state index contributed by atoms with van der Waals surface area (Å²) in [6.45, 7) is 1.71. The molecule has 0 fully saturated rings. The van der Waals surface area contributed by atoms with Gasteiger partial charge in [0.15, 0.2) is 11.5 Å². The highest BCUT2D eigenvalue weighted by atomic mass is 32.1. The number of rotatable bonds is 3. The summed E-state index contributed by atoms with van der Waals surface area (Å²) in [5.74, 6) is -0.172. The van der Waals surface area contributed by atoms with Crippen molar-refractivity contribution in [3.8, 4) is 11.3 Å². The van der Waals surface area contributed by atoms with Gasteiger partial charge in [0, 0.05) is 16.6 Å². The number of oxazole rings is 1. The van der Waals surface area contributed by atoms with Crippen molar-refractivity contribution in [1.29, 1.82) is 0 Å². The Kier molecular flexibility index (Phi) is 3.41. The van der Waals surface area contributed by atoms with Gasteiger partial charge in [0.25, 0.3) is 5.91 Å². The van der Waals surface area contributed by atoms with Gasteiger partial charge >= 0.3 is 0 Å². The quantitative estimate of drug-likeness (QED) is 0.725. The van der Waals surface area contributed by atoms with Crippen LogP contribution >= 0.6 is 11.3 Å². The lowest BCUT2D eigenvalue weighted by atomic mass is 10.1. The normalized spacial score (nSPS) is 10.5. The lowest BCUT2D eigenvalue weighted by Crippen LogP contribution is -2.12. The second-order valence-electron chi connectivity index (χ2n) is 4.38. The van der Waals surface area contributed by atoms with E-state index in [-0.39, 0.29) is 11.7 Å². The number of hydrogen-bond acceptors (Lipinski definition) is 6. The molecule has 1 amide bonds. The average Bonchev–Trinajstić information content (AvgIpc) is 3.08. The van der Waals surface area contributed by atoms with E-state index < -0.39 is 0 Å². The highest BCUT2D eigenvalue weighted by Crippen LogP contribution is 2.26. The van der Waals surface area contributed by atoms with Crippen molar-refractivity contribution in [2.45, 2.75) is 6.92 Å². The molecule has 21 heavy (non-hydrogen) atoms. The molecule has 0 saturated carbocycles. The van der Waals surface area contributed by atoms with Gasteiger partial charge in [-0.05, 0) is 19.1 Å². The van der Waals surface area contributed by atoms with Crippen molar-refractivity contribution in [1.82, 2.24) is 9.97 Å². The number of amides is 1. The van der Waals surface area contributed by atoms with E-state index in [0.717, 1.165) is 11.3 Å². The third-order valence-corrected chi connectivity index (χ3v) is 3.62. The Hall–Kier alpha value is -2.67. The molecule has 6 nitrogen and oxygen atoms in total. The first-order chi connectivity index (χ1) is 10.1. The summed E-state index contributed by atoms with van der Waals surface area (Å²) < 4.78 is 5.04. The Morgan fingerprint density at radius 1 is 1.43 bits per heavy atom. The van der Waals surface area contributed by atoms with Gasteiger partial charge in [-0.15, -0.1) is 11.3 Å². The van der Waals surface area contributed by atoms with Crippen molar-refractivity contribution in [2.24, 2.45) is 0 Å². The molecular formula is C14H12N4O2S. The number of anilines is 2. The van der Waals surface area contributed by atoms with Crippen LogP contribution < -0.4 is 11.1 Å². The predicted octanol–water partition coefficient (Wildman–Crippen LogP) is 2.94. The number of aromatic nitrogens is 2. The molecule has 0 aliphatic heterocycles. The second-order valence-corrected chi connectivity index (χ2v) is 5.24. The van der Waals surface area contributed by atoms with Gasteiger partial charge in [-0.2, -0.15) is 0 Å². The fourth-order valence-electron chi connectivity index (χ4n) is 1.84. The van der Waals surface area contributed by atoms with Gasteiger partial charge in [-0.3, -0.25) is 10.1 Å². The molecule has 0 aliphatic rings. The third-order valence-electron chi connectivity index (χ3n) is 2.86. The van der Waals surface area contributed by atoms with Gasteiger partial charge in [-0.1, -0.05) is 12.1 Å². The zero-order valence-corrected chi connectivity index (χ0v) is 12.0. The third kappa shape index (κ3) is 2.77. The van der Waals surface area contributed by atoms with Crippen LogP contribution in [0.2, 0.25) is 0 Å². The molecule has 3 N–H and O–H groups in total. The maximum atomic E-state index is 12.0. The van der Waals surface area contributed by atoms with Gasteiger partial charge in [0.05, 0.1) is 11.4 Å². The van der Waals surface area contributed by atoms with Crippen LogP contribution in [0.4, 0.5) is 10.8 Å². The Balaban J connectivity index is 1.80. The number of nitrogens with one attached hydrogen (secondary N) is 1. The van der Waals surface area contributed by atoms with Gasteiger partial charge in [-0.25, -0.2) is 9.97 Å². The number of carbonyl (C=O) groups is 1. The number of nitrogens with two attached hydrogens (primary N) is 1. The van der Waals surface area contributed by atoms with E-state index in [4.69, 9.17) is 10.2 Å². The molecule has 1 aromatic carbocycles. The van der Waals surface area contributed by atoms with Crippen LogP contribution in [0, 0.1) is 6.92 Å². The molecule has 2 heterocycles. The zero-order chi connectivity index (χ0) is 14.8. The number of nitrogen functional groups attached to an aromatic ring is 1. The maximum Gasteiger partial charge on any atom is 0.295 e. The van der Waals surface area contributed by atoms with E-state index in [0.29, 0.717) is 16.5 Å². The van der Waals surface area contributed by atoms with E-state index >= 15 is 0 Å². The maximum absolute atomic E-state index is 12.0. The first-order valence-electron chi connectivity index (χ1n) is 6.16. The van der Waals surface area contributed by atoms with Crippen LogP contribution in [-0.4, -0.2) is 15.9 Å². The molecule has 0 atom stereocenters. The van der Waals surface area contributed by atoms with Gasteiger partial charge in [0.2, 0.25) is 5.76 Å². The molecule has 3 aromatic rings. The monoisotopic (exact) mass is 300 g/mol. The summed E-state index contributed by atoms with van der Waals surface area (Å²) in [6, 6.07) is 7.42. The number of aryl methyl sites for hydroxylation is 1. The summed E-state index contributed by atoms with van der Waals surface area (Å²) >= 11 is 1.34. The minimum absolute atomic E-state index is 0.190. The molecular weight excluding hydrogens is 288 g/mol. The minimum atomic E-state index is -0.363. The zero-order valence-electron chi connectivity index (χ0n) is 11.2. The summed E-state index contributed by atoms with van der Waals surface area (Å²) in [5, 5.41) is 5.05. The predicted molar refractivity (Wildman–Crippen MR) is 81.2 cm³/mol. The van der Waals surface area contributed by atoms with Crippen LogP contribution in [0.3, 0.4) is 0 Å². The van der Waals surface area contributed by atoms with Crippen LogP contribution in [0.1, 0.15) is 16.2 Å². The second kappa shape index (κ2) is 5.37. The highest BCUT2D eigenvalue weighted by Gasteiger charge is 2.15. The molecule has 106 valence electrons. The number of thiazole rings is 1. The number of nitrogens with zero attached hydrogens (tertiary/aromatic N) is 2. The Labute approximate surface area is 124 Å². The molecule has 0 unspecified atom stereocenters. The molecule has 2 aromatic heterocycles. The first kappa shape index (κ1) is 13.3. The van der Waals surface area contributed by atoms with Crippen molar-refractivity contribution < 1.29 is 9.21 Å². The van der Waals surface area contributed by atoms with Gasteiger partial charge in [0.1, 0.15) is 0 Å². The molecule has 0 radical (unpaired) electrons. The molecule has 0 saturated heterocycles. The molecule has 0 spiro atoms. The van der Waals surface area contributed by atoms with Crippen molar-refractivity contribution in [3.05, 3.63) is 47.5 Å². The fraction of sp³-hybridized carbons (Fsp3) is 0.0714. The van der Waals surface area contributed by atoms with Crippen LogP contribution in [0.5, 0.6) is 0 Å². The van der Waals surface area contributed by atoms with E-state index in [1.165, 1.54) is 17.7 Å². The summed E-state index contributed by atoms with van der Waals surface area (Å²) in [4.78, 5) is 20.3. The molecule has 3 rings (SSSR count). The lowest BCUT2D eigenvalue weighted by Gasteiger charge is -1.99. The largest absolute Gasteiger partial charge is 0.438 e. The number of carbonyl (C=O) groups excluding carboxylic acids is 1. The Morgan fingerprint density at radius 2 is 2.29 bits per heavy atom. The summed E-state index contributed by atoms with van der Waals surface area (Å²) in [6.07, 6.45) is 1.24. The van der Waals surface area contributed by atoms with Crippen molar-refractivity contribution >= 4 is 28.1 Å². The molecule has 0 aliphatic carbocycles. The lowest BCUT2D eigenvalue weighted by molar-refractivity contribution is 0.0996. The molecule has 0 bridgehead atoms. The minimum Gasteiger partial charge on any atom is -0.438 e. The average molecular weight is 300 g/mol. The molecule has 7 heteroatoms. The van der Waals surface area contributed by atoms with E-state index in [1.54, 1.807) is 6.92 Å². The fourth-order valence-corrected chi connectivity index (χ4v) is 2.55. The summed E-state index contributed by atoms with van der Waals surface area (Å²) in [7, 11) is 0. The number of benzene rings is 1. The topological polar surface area (TPSA) is 94.0 Å². The Bertz CT molecular complexity index is 794. The van der Waals surface area contributed by atoms with Crippen molar-refractivity contribution in [2.75, 3.05) is 11.1 Å². The van der Waals surface area contributed by atoms with E-state index in [2.05, 4.69) is 15.3 Å². The smallest absolute Gasteiger partial charge is 0.295 e. The Morgan fingerprint density at radius 3 is 3.00 bits per heavy atom. The SMILES string of the molecule is Cc1ncoc1C(=O)Nc1nc(-c2cccc(N)c2)cs1. The van der Waals surface area contributed by atoms with Crippen LogP contribution in [0.15, 0.2) is 40.5 Å². The van der Waals surface area contributed by atoms with Crippen LogP contribution in [-0.2, 0) is 0 Å². The first-order valence-corrected chi connectivity index (χ1v) is 7.04. The standard InChI is InChI=1S/C14H12N4O2S/c1-8-12(20-7-16-8)13(19)18-14-17-11(6-21-14)9-3-2-4-10(15)5-9/h2-7H,15H2,1H3,(H,17,18,19). The highest BCUT2D eigenvalue weighted by molar-refractivity contribution is 7.14. The van der Waals surface area contributed by atoms with Crippen molar-refractivity contribution in [3.63, 3.8) is 0 Å². The summed E-state index contributed by atoms with van der Waals surface area (Å²) in [5.41, 5.74) is 8.63. The van der Waals surface area contributed by atoms with Crippen LogP contribution in [0.25, 0.3) is 11.3 Å². The van der Waals surface area contributed by atoms with E-state index in [1.807, 2.05) is 29.6 Å². The van der Waals surface area contributed by atoms with E-state index in [9.17, 15) is 4.79 Å². The number of hydrogen-bond donors (Lipinski definition) is 2.